The topological polar surface area (TPSA) is 86.6 Å². The second kappa shape index (κ2) is 2.96. The summed E-state index contributed by atoms with van der Waals surface area (Å²) < 4.78 is 10.0. The highest BCUT2D eigenvalue weighted by molar-refractivity contribution is 7.52. The molecule has 0 aromatic heterocycles. The lowest BCUT2D eigenvalue weighted by Gasteiger charge is -1.99. The van der Waals surface area contributed by atoms with E-state index in [2.05, 4.69) is 5.32 Å². The van der Waals surface area contributed by atoms with E-state index in [1.54, 1.807) is 0 Å². The molecule has 0 aliphatic carbocycles. The third kappa shape index (κ3) is 5.49. The Labute approximate surface area is 52.2 Å². The number of hydrogen-bond acceptors (Lipinski definition) is 2. The van der Waals surface area contributed by atoms with Gasteiger partial charge in [-0.15, -0.1) is 0 Å². The summed E-state index contributed by atoms with van der Waals surface area (Å²) in [7, 11) is -2.83. The summed E-state index contributed by atoms with van der Waals surface area (Å²) in [6, 6.07) is 0. The molecule has 0 fully saturated rings. The number of carbonyl (C=O) groups excluding carboxylic acids is 1. The van der Waals surface area contributed by atoms with E-state index in [9.17, 15) is 9.36 Å². The number of nitrogens with one attached hydrogen (secondary N) is 1. The second-order valence-electron chi connectivity index (χ2n) is 1.50. The molecule has 9 heavy (non-hydrogen) atoms. The Morgan fingerprint density at radius 3 is 2.22 bits per heavy atom. The molecule has 0 aromatic carbocycles. The van der Waals surface area contributed by atoms with E-state index < -0.39 is 19.7 Å². The first-order chi connectivity index (χ1) is 3.95. The molecule has 6 heteroatoms. The molecule has 0 bridgehead atoms. The zero-order valence-corrected chi connectivity index (χ0v) is 5.76. The van der Waals surface area contributed by atoms with Crippen LogP contribution in [0.1, 0.15) is 0 Å². The number of hydrogen-bond donors (Lipinski definition) is 3. The van der Waals surface area contributed by atoms with Crippen LogP contribution in [-0.2, 0) is 9.36 Å². The van der Waals surface area contributed by atoms with Crippen molar-refractivity contribution in [3.63, 3.8) is 0 Å². The van der Waals surface area contributed by atoms with Gasteiger partial charge in [-0.3, -0.25) is 9.36 Å². The molecule has 0 atom stereocenters. The van der Waals surface area contributed by atoms with E-state index in [0.717, 1.165) is 0 Å². The Kier molecular flexibility index (Phi) is 2.84. The van der Waals surface area contributed by atoms with Crippen molar-refractivity contribution in [2.75, 3.05) is 13.2 Å². The van der Waals surface area contributed by atoms with Gasteiger partial charge in [0.05, 0.1) is 0 Å². The summed E-state index contributed by atoms with van der Waals surface area (Å²) in [5.41, 5.74) is 0. The molecule has 3 N–H and O–H groups in total. The Morgan fingerprint density at radius 2 is 2.11 bits per heavy atom. The molecule has 0 saturated heterocycles. The fraction of sp³-hybridized carbons (Fsp3) is 0.667. The van der Waals surface area contributed by atoms with Crippen LogP contribution in [0.25, 0.3) is 0 Å². The SMILES string of the molecule is CNC(=O)CP(=O)(O)O. The molecule has 0 rings (SSSR count). The maximum atomic E-state index is 10.2. The summed E-state index contributed by atoms with van der Waals surface area (Å²) in [4.78, 5) is 26.6. The second-order valence-corrected chi connectivity index (χ2v) is 3.14. The maximum Gasteiger partial charge on any atom is 0.334 e. The van der Waals surface area contributed by atoms with Gasteiger partial charge in [-0.05, 0) is 0 Å². The van der Waals surface area contributed by atoms with Crippen LogP contribution in [-0.4, -0.2) is 28.9 Å². The lowest BCUT2D eigenvalue weighted by molar-refractivity contribution is -0.118. The zero-order valence-electron chi connectivity index (χ0n) is 4.87. The predicted octanol–water partition coefficient (Wildman–Crippen LogP) is -1.09. The van der Waals surface area contributed by atoms with Crippen LogP contribution >= 0.6 is 7.60 Å². The van der Waals surface area contributed by atoms with Gasteiger partial charge in [-0.25, -0.2) is 0 Å². The predicted molar refractivity (Wildman–Crippen MR) is 31.0 cm³/mol. The number of carbonyl (C=O) groups is 1. The van der Waals surface area contributed by atoms with Gasteiger partial charge in [-0.1, -0.05) is 0 Å². The molecule has 0 aromatic rings. The lowest BCUT2D eigenvalue weighted by atomic mass is 10.7. The fourth-order valence-corrected chi connectivity index (χ4v) is 0.798. The van der Waals surface area contributed by atoms with E-state index >= 15 is 0 Å². The highest BCUT2D eigenvalue weighted by atomic mass is 31.2. The van der Waals surface area contributed by atoms with Crippen molar-refractivity contribution in [1.29, 1.82) is 0 Å². The average Bonchev–Trinajstić information content (AvgIpc) is 1.62. The van der Waals surface area contributed by atoms with E-state index in [0.29, 0.717) is 0 Å². The first kappa shape index (κ1) is 8.62. The molecule has 0 radical (unpaired) electrons. The summed E-state index contributed by atoms with van der Waals surface area (Å²) in [5, 5.41) is 2.09. The molecular weight excluding hydrogens is 145 g/mol. The molecule has 54 valence electrons. The smallest absolute Gasteiger partial charge is 0.334 e. The van der Waals surface area contributed by atoms with Crippen LogP contribution in [0, 0.1) is 0 Å². The van der Waals surface area contributed by atoms with E-state index in [1.165, 1.54) is 7.05 Å². The third-order valence-corrected chi connectivity index (χ3v) is 1.33. The third-order valence-electron chi connectivity index (χ3n) is 0.628. The average molecular weight is 153 g/mol. The first-order valence-electron chi connectivity index (χ1n) is 2.21. The largest absolute Gasteiger partial charge is 0.359 e. The zero-order chi connectivity index (χ0) is 7.49. The Morgan fingerprint density at radius 1 is 1.67 bits per heavy atom. The van der Waals surface area contributed by atoms with Gasteiger partial charge in [-0.2, -0.15) is 0 Å². The highest BCUT2D eigenvalue weighted by Crippen LogP contribution is 2.33. The van der Waals surface area contributed by atoms with Gasteiger partial charge in [0.1, 0.15) is 6.16 Å². The summed E-state index contributed by atoms with van der Waals surface area (Å²) in [6.07, 6.45) is -0.733. The standard InChI is InChI=1S/C3H8NO4P/c1-4-3(5)2-9(6,7)8/h2H2,1H3,(H,4,5)(H2,6,7,8). The Hall–Kier alpha value is -0.380. The van der Waals surface area contributed by atoms with Crippen molar-refractivity contribution in [2.45, 2.75) is 0 Å². The first-order valence-corrected chi connectivity index (χ1v) is 4.00. The molecule has 0 aliphatic rings. The van der Waals surface area contributed by atoms with Crippen molar-refractivity contribution >= 4 is 13.5 Å². The van der Waals surface area contributed by atoms with Crippen LogP contribution in [0.4, 0.5) is 0 Å². The van der Waals surface area contributed by atoms with Crippen molar-refractivity contribution in [3.8, 4) is 0 Å². The van der Waals surface area contributed by atoms with Gasteiger partial charge in [0, 0.05) is 7.05 Å². The van der Waals surface area contributed by atoms with Crippen LogP contribution in [0.5, 0.6) is 0 Å². The fourth-order valence-electron chi connectivity index (χ4n) is 0.266. The van der Waals surface area contributed by atoms with Crippen LogP contribution < -0.4 is 5.32 Å². The van der Waals surface area contributed by atoms with Crippen LogP contribution in [0.3, 0.4) is 0 Å². The van der Waals surface area contributed by atoms with Gasteiger partial charge >= 0.3 is 7.60 Å². The Bertz CT molecular complexity index is 150. The van der Waals surface area contributed by atoms with E-state index in [-0.39, 0.29) is 0 Å². The summed E-state index contributed by atoms with van der Waals surface area (Å²) in [6.45, 7) is 0. The minimum absolute atomic E-state index is 0.650. The minimum Gasteiger partial charge on any atom is -0.359 e. The van der Waals surface area contributed by atoms with E-state index in [4.69, 9.17) is 9.79 Å². The monoisotopic (exact) mass is 153 g/mol. The van der Waals surface area contributed by atoms with Crippen molar-refractivity contribution < 1.29 is 19.1 Å². The van der Waals surface area contributed by atoms with Gasteiger partial charge in [0.2, 0.25) is 5.91 Å². The Balaban J connectivity index is 3.75. The normalized spacial score (nSPS) is 11.0. The van der Waals surface area contributed by atoms with Gasteiger partial charge in [0.15, 0.2) is 0 Å². The molecule has 1 amide bonds. The van der Waals surface area contributed by atoms with Crippen LogP contribution in [0.15, 0.2) is 0 Å². The van der Waals surface area contributed by atoms with Crippen molar-refractivity contribution in [3.05, 3.63) is 0 Å². The highest BCUT2D eigenvalue weighted by Gasteiger charge is 2.17. The van der Waals surface area contributed by atoms with Gasteiger partial charge < -0.3 is 15.1 Å². The van der Waals surface area contributed by atoms with Crippen molar-refractivity contribution in [1.82, 2.24) is 5.32 Å². The molecular formula is C3H8NO4P. The molecule has 0 unspecified atom stereocenters. The quantitative estimate of drug-likeness (QED) is 0.440. The van der Waals surface area contributed by atoms with E-state index in [1.807, 2.05) is 0 Å². The molecule has 5 nitrogen and oxygen atoms in total. The van der Waals surface area contributed by atoms with Crippen LogP contribution in [0.2, 0.25) is 0 Å². The minimum atomic E-state index is -4.15. The lowest BCUT2D eigenvalue weighted by Crippen LogP contribution is -2.21. The molecule has 0 aliphatic heterocycles. The summed E-state index contributed by atoms with van der Waals surface area (Å²) in [5.74, 6) is -0.650. The molecule has 0 saturated carbocycles. The number of rotatable bonds is 2. The molecule has 0 heterocycles. The molecule has 0 spiro atoms. The van der Waals surface area contributed by atoms with Gasteiger partial charge in [0.25, 0.3) is 0 Å². The number of amides is 1. The maximum absolute atomic E-state index is 10.2. The summed E-state index contributed by atoms with van der Waals surface area (Å²) >= 11 is 0. The van der Waals surface area contributed by atoms with Crippen molar-refractivity contribution in [2.24, 2.45) is 0 Å².